The number of anilines is 2. The van der Waals surface area contributed by atoms with Crippen molar-refractivity contribution >= 4 is 11.6 Å². The summed E-state index contributed by atoms with van der Waals surface area (Å²) in [5.41, 5.74) is 0. The SMILES string of the molecule is CN(CC1CCCO1)c1cc(N2CCCCC2CO)ncn1. The highest BCUT2D eigenvalue weighted by atomic mass is 16.5. The molecule has 1 aromatic rings. The first-order chi connectivity index (χ1) is 10.8. The third-order valence-corrected chi connectivity index (χ3v) is 4.66. The highest BCUT2D eigenvalue weighted by molar-refractivity contribution is 5.50. The van der Waals surface area contributed by atoms with E-state index in [9.17, 15) is 5.11 Å². The van der Waals surface area contributed by atoms with Crippen molar-refractivity contribution in [3.05, 3.63) is 12.4 Å². The van der Waals surface area contributed by atoms with E-state index in [1.54, 1.807) is 6.33 Å². The van der Waals surface area contributed by atoms with Crippen molar-refractivity contribution in [3.63, 3.8) is 0 Å². The van der Waals surface area contributed by atoms with Gasteiger partial charge in [-0.25, -0.2) is 9.97 Å². The fourth-order valence-electron chi connectivity index (χ4n) is 3.38. The Balaban J connectivity index is 1.70. The maximum atomic E-state index is 9.58. The molecule has 3 rings (SSSR count). The first-order valence-corrected chi connectivity index (χ1v) is 8.30. The van der Waals surface area contributed by atoms with E-state index in [4.69, 9.17) is 4.74 Å². The molecule has 2 atom stereocenters. The molecule has 3 heterocycles. The lowest BCUT2D eigenvalue weighted by atomic mass is 10.0. The third kappa shape index (κ3) is 3.50. The van der Waals surface area contributed by atoms with Gasteiger partial charge in [-0.1, -0.05) is 0 Å². The van der Waals surface area contributed by atoms with Crippen molar-refractivity contribution in [2.75, 3.05) is 43.2 Å². The zero-order valence-corrected chi connectivity index (χ0v) is 13.3. The lowest BCUT2D eigenvalue weighted by Gasteiger charge is -2.35. The van der Waals surface area contributed by atoms with Gasteiger partial charge in [0.2, 0.25) is 0 Å². The molecule has 0 amide bonds. The van der Waals surface area contributed by atoms with E-state index < -0.39 is 0 Å². The molecule has 0 aliphatic carbocycles. The first-order valence-electron chi connectivity index (χ1n) is 8.30. The molecule has 0 bridgehead atoms. The molecule has 0 saturated carbocycles. The number of ether oxygens (including phenoxy) is 1. The molecule has 1 N–H and O–H groups in total. The largest absolute Gasteiger partial charge is 0.394 e. The Morgan fingerprint density at radius 2 is 2.23 bits per heavy atom. The van der Waals surface area contributed by atoms with Crippen LogP contribution < -0.4 is 9.80 Å². The second-order valence-electron chi connectivity index (χ2n) is 6.28. The number of nitrogens with zero attached hydrogens (tertiary/aromatic N) is 4. The molecule has 1 aromatic heterocycles. The minimum absolute atomic E-state index is 0.181. The zero-order valence-electron chi connectivity index (χ0n) is 13.3. The number of aliphatic hydroxyl groups is 1. The number of likely N-dealkylation sites (N-methyl/N-ethyl adjacent to an activating group) is 1. The van der Waals surface area contributed by atoms with Crippen molar-refractivity contribution in [3.8, 4) is 0 Å². The third-order valence-electron chi connectivity index (χ3n) is 4.66. The molecule has 0 radical (unpaired) electrons. The van der Waals surface area contributed by atoms with Gasteiger partial charge in [0, 0.05) is 32.8 Å². The lowest BCUT2D eigenvalue weighted by molar-refractivity contribution is 0.116. The van der Waals surface area contributed by atoms with E-state index in [0.717, 1.165) is 57.0 Å². The van der Waals surface area contributed by atoms with E-state index in [2.05, 4.69) is 19.8 Å². The minimum atomic E-state index is 0.181. The van der Waals surface area contributed by atoms with Gasteiger partial charge in [0.25, 0.3) is 0 Å². The van der Waals surface area contributed by atoms with Crippen molar-refractivity contribution in [1.29, 1.82) is 0 Å². The summed E-state index contributed by atoms with van der Waals surface area (Å²) in [5, 5.41) is 9.58. The predicted octanol–water partition coefficient (Wildman–Crippen LogP) is 1.44. The van der Waals surface area contributed by atoms with E-state index >= 15 is 0 Å². The molecule has 6 heteroatoms. The van der Waals surface area contributed by atoms with Crippen LogP contribution in [0.25, 0.3) is 0 Å². The smallest absolute Gasteiger partial charge is 0.134 e. The zero-order chi connectivity index (χ0) is 15.4. The normalized spacial score (nSPS) is 25.5. The van der Waals surface area contributed by atoms with Gasteiger partial charge in [0.05, 0.1) is 18.8 Å². The summed E-state index contributed by atoms with van der Waals surface area (Å²) >= 11 is 0. The monoisotopic (exact) mass is 306 g/mol. The van der Waals surface area contributed by atoms with Crippen LogP contribution in [-0.4, -0.2) is 60.6 Å². The van der Waals surface area contributed by atoms with Gasteiger partial charge in [-0.05, 0) is 32.1 Å². The molecule has 2 aliphatic heterocycles. The second-order valence-corrected chi connectivity index (χ2v) is 6.28. The molecule has 0 spiro atoms. The molecule has 2 aliphatic rings. The Labute approximate surface area is 132 Å². The second kappa shape index (κ2) is 7.24. The average Bonchev–Trinajstić information content (AvgIpc) is 3.08. The Hall–Kier alpha value is -1.40. The van der Waals surface area contributed by atoms with Crippen LogP contribution >= 0.6 is 0 Å². The quantitative estimate of drug-likeness (QED) is 0.888. The van der Waals surface area contributed by atoms with E-state index in [-0.39, 0.29) is 12.6 Å². The van der Waals surface area contributed by atoms with Crippen molar-refractivity contribution in [2.24, 2.45) is 0 Å². The number of rotatable bonds is 5. The van der Waals surface area contributed by atoms with E-state index in [0.29, 0.717) is 6.10 Å². The molecule has 22 heavy (non-hydrogen) atoms. The summed E-state index contributed by atoms with van der Waals surface area (Å²) in [7, 11) is 2.05. The number of hydrogen-bond acceptors (Lipinski definition) is 6. The van der Waals surface area contributed by atoms with Crippen molar-refractivity contribution in [2.45, 2.75) is 44.2 Å². The van der Waals surface area contributed by atoms with Crippen LogP contribution in [0.5, 0.6) is 0 Å². The van der Waals surface area contributed by atoms with Crippen LogP contribution in [0.15, 0.2) is 12.4 Å². The van der Waals surface area contributed by atoms with Gasteiger partial charge in [-0.3, -0.25) is 0 Å². The van der Waals surface area contributed by atoms with Crippen molar-refractivity contribution in [1.82, 2.24) is 9.97 Å². The standard InChI is InChI=1S/C16H26N4O2/c1-19(10-14-6-4-8-22-14)15-9-16(18-12-17-15)20-7-3-2-5-13(20)11-21/h9,12-14,21H,2-8,10-11H2,1H3. The fraction of sp³-hybridized carbons (Fsp3) is 0.750. The van der Waals surface area contributed by atoms with Crippen LogP contribution in [0.2, 0.25) is 0 Å². The highest BCUT2D eigenvalue weighted by Gasteiger charge is 2.24. The van der Waals surface area contributed by atoms with Crippen LogP contribution in [-0.2, 0) is 4.74 Å². The molecular weight excluding hydrogens is 280 g/mol. The number of hydrogen-bond donors (Lipinski definition) is 1. The van der Waals surface area contributed by atoms with E-state index in [1.165, 1.54) is 6.42 Å². The Bertz CT molecular complexity index is 479. The van der Waals surface area contributed by atoms with Gasteiger partial charge < -0.3 is 19.6 Å². The topological polar surface area (TPSA) is 61.7 Å². The average molecular weight is 306 g/mol. The Kier molecular flexibility index (Phi) is 5.10. The van der Waals surface area contributed by atoms with Crippen LogP contribution in [0.4, 0.5) is 11.6 Å². The van der Waals surface area contributed by atoms with E-state index in [1.807, 2.05) is 13.1 Å². The van der Waals surface area contributed by atoms with Crippen LogP contribution in [0.3, 0.4) is 0 Å². The van der Waals surface area contributed by atoms with Gasteiger partial charge in [-0.15, -0.1) is 0 Å². The maximum absolute atomic E-state index is 9.58. The van der Waals surface area contributed by atoms with Crippen molar-refractivity contribution < 1.29 is 9.84 Å². The van der Waals surface area contributed by atoms with Crippen LogP contribution in [0.1, 0.15) is 32.1 Å². The summed E-state index contributed by atoms with van der Waals surface area (Å²) < 4.78 is 5.70. The minimum Gasteiger partial charge on any atom is -0.394 e. The molecule has 2 fully saturated rings. The van der Waals surface area contributed by atoms with Gasteiger partial charge in [0.15, 0.2) is 0 Å². The summed E-state index contributed by atoms with van der Waals surface area (Å²) in [6, 6.07) is 2.21. The summed E-state index contributed by atoms with van der Waals surface area (Å²) in [4.78, 5) is 13.2. The molecule has 122 valence electrons. The number of aromatic nitrogens is 2. The Morgan fingerprint density at radius 1 is 1.32 bits per heavy atom. The summed E-state index contributed by atoms with van der Waals surface area (Å²) in [6.07, 6.45) is 7.57. The molecule has 2 unspecified atom stereocenters. The highest BCUT2D eigenvalue weighted by Crippen LogP contribution is 2.25. The summed E-state index contributed by atoms with van der Waals surface area (Å²) in [6.45, 7) is 2.88. The predicted molar refractivity (Wildman–Crippen MR) is 86.3 cm³/mol. The molecule has 6 nitrogen and oxygen atoms in total. The fourth-order valence-corrected chi connectivity index (χ4v) is 3.38. The molecular formula is C16H26N4O2. The van der Waals surface area contributed by atoms with Crippen LogP contribution in [0, 0.1) is 0 Å². The number of aliphatic hydroxyl groups excluding tert-OH is 1. The van der Waals surface area contributed by atoms with Gasteiger partial charge in [-0.2, -0.15) is 0 Å². The Morgan fingerprint density at radius 3 is 3.00 bits per heavy atom. The summed E-state index contributed by atoms with van der Waals surface area (Å²) in [5.74, 6) is 1.84. The molecule has 2 saturated heterocycles. The first kappa shape index (κ1) is 15.5. The van der Waals surface area contributed by atoms with Gasteiger partial charge in [0.1, 0.15) is 18.0 Å². The molecule has 0 aromatic carbocycles. The lowest BCUT2D eigenvalue weighted by Crippen LogP contribution is -2.42. The number of piperidine rings is 1. The van der Waals surface area contributed by atoms with Gasteiger partial charge >= 0.3 is 0 Å². The maximum Gasteiger partial charge on any atom is 0.134 e.